The zero-order chi connectivity index (χ0) is 34.9. The molecule has 0 aliphatic rings. The maximum absolute atomic E-state index is 2.59. The third-order valence-electron chi connectivity index (χ3n) is 9.85. The van der Waals surface area contributed by atoms with E-state index in [1.54, 1.807) is 48.1 Å². The van der Waals surface area contributed by atoms with E-state index in [9.17, 15) is 0 Å². The van der Waals surface area contributed by atoms with E-state index >= 15 is 0 Å². The van der Waals surface area contributed by atoms with Crippen molar-refractivity contribution >= 4 is 10.9 Å². The first-order valence-corrected chi connectivity index (χ1v) is 19.8. The van der Waals surface area contributed by atoms with Crippen molar-refractivity contribution in [3.63, 3.8) is 0 Å². The molecule has 0 radical (unpaired) electrons. The molecule has 0 bridgehead atoms. The van der Waals surface area contributed by atoms with Crippen LogP contribution in [0.4, 0.5) is 0 Å². The molecule has 0 aliphatic heterocycles. The highest BCUT2D eigenvalue weighted by Gasteiger charge is 2.44. The van der Waals surface area contributed by atoms with Crippen molar-refractivity contribution in [2.24, 2.45) is 0 Å². The summed E-state index contributed by atoms with van der Waals surface area (Å²) in [5, 5.41) is 0. The molecular formula is C45H69S+. The Hall–Kier alpha value is -1.99. The second kappa shape index (κ2) is 15.5. The fourth-order valence-corrected chi connectivity index (χ4v) is 10.5. The topological polar surface area (TPSA) is 0 Å². The molecule has 0 amide bonds. The van der Waals surface area contributed by atoms with Crippen molar-refractivity contribution in [2.45, 2.75) is 193 Å². The first kappa shape index (κ1) is 38.5. The lowest BCUT2D eigenvalue weighted by molar-refractivity contribution is 0.749. The van der Waals surface area contributed by atoms with Crippen molar-refractivity contribution < 1.29 is 0 Å². The van der Waals surface area contributed by atoms with Crippen molar-refractivity contribution in [3.8, 4) is 0 Å². The van der Waals surface area contributed by atoms with Crippen LogP contribution in [0.25, 0.3) is 0 Å². The monoisotopic (exact) mass is 642 g/mol. The van der Waals surface area contributed by atoms with Gasteiger partial charge in [0.05, 0.1) is 0 Å². The summed E-state index contributed by atoms with van der Waals surface area (Å²) in [6, 6.07) is 15.6. The van der Waals surface area contributed by atoms with Crippen LogP contribution in [-0.2, 0) is 10.9 Å². The molecule has 0 aliphatic carbocycles. The number of hydrogen-bond acceptors (Lipinski definition) is 0. The SMILES string of the molecule is CC(C)c1cc(C(C)C)c([S+](c2c(C(C)C)cc(C(C)C)cc2C(C)C)c2c(C(C)C)cc(C(C)C)cc2C(C)C)c(C(C)C)c1. The molecule has 0 atom stereocenters. The van der Waals surface area contributed by atoms with E-state index in [2.05, 4.69) is 161 Å². The second-order valence-electron chi connectivity index (χ2n) is 16.8. The fourth-order valence-electron chi connectivity index (χ4n) is 6.68. The Morgan fingerprint density at radius 1 is 0.261 bits per heavy atom. The van der Waals surface area contributed by atoms with Crippen LogP contribution in [0.1, 0.15) is 228 Å². The first-order chi connectivity index (χ1) is 21.3. The zero-order valence-corrected chi connectivity index (χ0v) is 33.9. The number of rotatable bonds is 12. The van der Waals surface area contributed by atoms with Gasteiger partial charge in [-0.25, -0.2) is 0 Å². The van der Waals surface area contributed by atoms with E-state index < -0.39 is 0 Å². The van der Waals surface area contributed by atoms with Crippen LogP contribution < -0.4 is 0 Å². The summed E-state index contributed by atoms with van der Waals surface area (Å²) in [4.78, 5) is 4.82. The molecule has 0 fully saturated rings. The van der Waals surface area contributed by atoms with E-state index in [0.29, 0.717) is 53.3 Å². The lowest BCUT2D eigenvalue weighted by atomic mass is 9.89. The Kier molecular flexibility index (Phi) is 12.9. The Morgan fingerprint density at radius 2 is 0.413 bits per heavy atom. The Morgan fingerprint density at radius 3 is 0.522 bits per heavy atom. The Labute approximate surface area is 288 Å². The summed E-state index contributed by atoms with van der Waals surface area (Å²) in [6.07, 6.45) is 0. The summed E-state index contributed by atoms with van der Waals surface area (Å²) in [5.41, 5.74) is 13.7. The van der Waals surface area contributed by atoms with E-state index in [1.165, 1.54) is 16.7 Å². The van der Waals surface area contributed by atoms with E-state index in [1.807, 2.05) is 0 Å². The van der Waals surface area contributed by atoms with Gasteiger partial charge >= 0.3 is 0 Å². The van der Waals surface area contributed by atoms with Gasteiger partial charge in [0.15, 0.2) is 14.7 Å². The Bertz CT molecular complexity index is 1210. The minimum atomic E-state index is -0.272. The molecule has 0 spiro atoms. The van der Waals surface area contributed by atoms with E-state index in [-0.39, 0.29) is 10.9 Å². The molecule has 3 rings (SSSR count). The lowest BCUT2D eigenvalue weighted by Crippen LogP contribution is -2.22. The molecule has 254 valence electrons. The number of benzene rings is 3. The van der Waals surface area contributed by atoms with Crippen molar-refractivity contribution in [1.82, 2.24) is 0 Å². The minimum absolute atomic E-state index is 0.272. The highest BCUT2D eigenvalue weighted by Crippen LogP contribution is 2.50. The second-order valence-corrected chi connectivity index (χ2v) is 18.6. The minimum Gasteiger partial charge on any atom is -0.0587 e. The molecule has 0 N–H and O–H groups in total. The quantitative estimate of drug-likeness (QED) is 0.173. The van der Waals surface area contributed by atoms with Gasteiger partial charge < -0.3 is 0 Å². The molecule has 0 saturated heterocycles. The molecule has 0 saturated carbocycles. The first-order valence-electron chi connectivity index (χ1n) is 18.6. The summed E-state index contributed by atoms with van der Waals surface area (Å²) >= 11 is 0. The predicted molar refractivity (Wildman–Crippen MR) is 208 cm³/mol. The summed E-state index contributed by atoms with van der Waals surface area (Å²) in [6.45, 7) is 43.3. The summed E-state index contributed by atoms with van der Waals surface area (Å²) in [7, 11) is -0.272. The molecule has 0 unspecified atom stereocenters. The van der Waals surface area contributed by atoms with Crippen molar-refractivity contribution in [3.05, 3.63) is 86.5 Å². The standard InChI is InChI=1S/C45H69S/c1-25(2)34-19-37(28(7)8)43(38(20-34)29(9)10)46(44-39(30(11)12)21-35(26(3)4)22-40(44)31(13)14)45-41(32(15)16)23-36(27(5)6)24-42(45)33(17)18/h19-33H,1-18H3/q+1. The van der Waals surface area contributed by atoms with Crippen LogP contribution >= 0.6 is 0 Å². The fraction of sp³-hybridized carbons (Fsp3) is 0.600. The van der Waals surface area contributed by atoms with Gasteiger partial charge in [-0.1, -0.05) is 161 Å². The molecule has 0 nitrogen and oxygen atoms in total. The molecule has 0 heterocycles. The van der Waals surface area contributed by atoms with Gasteiger partial charge in [-0.15, -0.1) is 0 Å². The van der Waals surface area contributed by atoms with E-state index in [0.717, 1.165) is 0 Å². The molecule has 3 aromatic carbocycles. The normalized spacial score (nSPS) is 12.8. The van der Waals surface area contributed by atoms with Gasteiger partial charge in [-0.05, 0) is 70.0 Å². The van der Waals surface area contributed by atoms with Gasteiger partial charge in [0.1, 0.15) is 10.9 Å². The van der Waals surface area contributed by atoms with Gasteiger partial charge in [-0.3, -0.25) is 0 Å². The molecular weight excluding hydrogens is 573 g/mol. The maximum atomic E-state index is 2.59. The molecule has 3 aromatic rings. The molecule has 0 aromatic heterocycles. The summed E-state index contributed by atoms with van der Waals surface area (Å²) < 4.78 is 0. The van der Waals surface area contributed by atoms with Gasteiger partial charge in [0.25, 0.3) is 0 Å². The summed E-state index contributed by atoms with van der Waals surface area (Å²) in [5.74, 6) is 4.08. The van der Waals surface area contributed by atoms with Crippen LogP contribution in [0.2, 0.25) is 0 Å². The molecule has 1 heteroatoms. The van der Waals surface area contributed by atoms with Gasteiger partial charge in [0, 0.05) is 33.4 Å². The third-order valence-corrected chi connectivity index (χ3v) is 12.5. The average Bonchev–Trinajstić information content (AvgIpc) is 2.95. The smallest absolute Gasteiger partial charge is 0.0587 e. The molecule has 46 heavy (non-hydrogen) atoms. The van der Waals surface area contributed by atoms with Crippen LogP contribution in [0, 0.1) is 0 Å². The van der Waals surface area contributed by atoms with Gasteiger partial charge in [0.2, 0.25) is 0 Å². The highest BCUT2D eigenvalue weighted by atomic mass is 32.2. The predicted octanol–water partition coefficient (Wildman–Crippen LogP) is 14.9. The Balaban J connectivity index is 2.84. The number of hydrogen-bond donors (Lipinski definition) is 0. The zero-order valence-electron chi connectivity index (χ0n) is 33.1. The van der Waals surface area contributed by atoms with Crippen molar-refractivity contribution in [2.75, 3.05) is 0 Å². The lowest BCUT2D eigenvalue weighted by Gasteiger charge is -2.29. The third kappa shape index (κ3) is 7.99. The van der Waals surface area contributed by atoms with Crippen LogP contribution in [0.15, 0.2) is 51.1 Å². The van der Waals surface area contributed by atoms with Crippen LogP contribution in [0.5, 0.6) is 0 Å². The van der Waals surface area contributed by atoms with Gasteiger partial charge in [-0.2, -0.15) is 0 Å². The van der Waals surface area contributed by atoms with E-state index in [4.69, 9.17) is 0 Å². The maximum Gasteiger partial charge on any atom is 0.173 e. The largest absolute Gasteiger partial charge is 0.173 e. The van der Waals surface area contributed by atoms with Crippen molar-refractivity contribution in [1.29, 1.82) is 0 Å². The van der Waals surface area contributed by atoms with Crippen LogP contribution in [0.3, 0.4) is 0 Å². The van der Waals surface area contributed by atoms with Crippen LogP contribution in [-0.4, -0.2) is 0 Å². The highest BCUT2D eigenvalue weighted by molar-refractivity contribution is 7.97. The average molecular weight is 642 g/mol.